The van der Waals surface area contributed by atoms with Crippen molar-refractivity contribution in [3.63, 3.8) is 0 Å². The molecule has 23 heavy (non-hydrogen) atoms. The van der Waals surface area contributed by atoms with E-state index in [0.717, 1.165) is 16.7 Å². The molecule has 0 aliphatic rings. The molecule has 0 amide bonds. The average molecular weight is 376 g/mol. The Morgan fingerprint density at radius 2 is 1.39 bits per heavy atom. The van der Waals surface area contributed by atoms with Gasteiger partial charge in [-0.15, -0.1) is 5.56 Å². The van der Waals surface area contributed by atoms with Gasteiger partial charge in [-0.1, -0.05) is 29.8 Å². The van der Waals surface area contributed by atoms with Crippen molar-refractivity contribution in [2.75, 3.05) is 0 Å². The zero-order chi connectivity index (χ0) is 15.4. The van der Waals surface area contributed by atoms with Crippen LogP contribution in [0, 0.1) is 13.0 Å². The zero-order valence-corrected chi connectivity index (χ0v) is 15.7. The van der Waals surface area contributed by atoms with E-state index < -0.39 is 0 Å². The molecule has 0 heterocycles. The van der Waals surface area contributed by atoms with Crippen LogP contribution < -0.4 is 4.74 Å². The van der Waals surface area contributed by atoms with E-state index >= 15 is 0 Å². The maximum absolute atomic E-state index is 12.1. The summed E-state index contributed by atoms with van der Waals surface area (Å²) < 4.78 is 5.39. The van der Waals surface area contributed by atoms with E-state index in [1.54, 1.807) is 24.3 Å². The normalized spacial score (nSPS) is 9.78. The Balaban J connectivity index is 0.00000192. The number of hydrogen-bond acceptors (Lipinski definition) is 2. The molecule has 0 saturated carbocycles. The van der Waals surface area contributed by atoms with Gasteiger partial charge in [0.15, 0.2) is 0 Å². The standard InChI is InChI=1S/C20H15O2.Y/c1-15-7-9-18(10-8-15)20(21)22-19-13-11-17(12-14-19)16-5-3-2-4-6-16;/h3-14H,1H3;/q-1;. The van der Waals surface area contributed by atoms with Crippen LogP contribution in [0.5, 0.6) is 5.75 Å². The Morgan fingerprint density at radius 3 is 2.00 bits per heavy atom. The van der Waals surface area contributed by atoms with Crippen molar-refractivity contribution >= 4 is 5.97 Å². The second kappa shape index (κ2) is 8.19. The number of benzene rings is 3. The predicted molar refractivity (Wildman–Crippen MR) is 86.9 cm³/mol. The molecular weight excluding hydrogens is 361 g/mol. The van der Waals surface area contributed by atoms with E-state index in [-0.39, 0.29) is 38.7 Å². The van der Waals surface area contributed by atoms with Crippen LogP contribution in [0.25, 0.3) is 11.1 Å². The van der Waals surface area contributed by atoms with Crippen molar-refractivity contribution < 1.29 is 42.2 Å². The van der Waals surface area contributed by atoms with Gasteiger partial charge in [0.25, 0.3) is 0 Å². The second-order valence-electron chi connectivity index (χ2n) is 5.07. The molecule has 0 aliphatic heterocycles. The van der Waals surface area contributed by atoms with E-state index in [1.165, 1.54) is 0 Å². The van der Waals surface area contributed by atoms with Gasteiger partial charge in [-0.25, -0.2) is 4.79 Å². The molecule has 0 aliphatic carbocycles. The summed E-state index contributed by atoms with van der Waals surface area (Å²) >= 11 is 0. The molecule has 3 rings (SSSR count). The van der Waals surface area contributed by atoms with Crippen LogP contribution in [0.1, 0.15) is 15.9 Å². The third-order valence-electron chi connectivity index (χ3n) is 3.40. The summed E-state index contributed by atoms with van der Waals surface area (Å²) in [5, 5.41) is 0. The molecule has 0 aromatic heterocycles. The summed E-state index contributed by atoms with van der Waals surface area (Å²) in [6, 6.07) is 25.5. The fourth-order valence-electron chi connectivity index (χ4n) is 2.15. The third kappa shape index (κ3) is 4.60. The molecule has 0 bridgehead atoms. The Bertz CT molecular complexity index is 763. The smallest absolute Gasteiger partial charge is 0.343 e. The van der Waals surface area contributed by atoms with Crippen molar-refractivity contribution in [1.82, 2.24) is 0 Å². The molecule has 3 heteroatoms. The minimum atomic E-state index is -0.345. The summed E-state index contributed by atoms with van der Waals surface area (Å²) in [7, 11) is 0. The van der Waals surface area contributed by atoms with Crippen LogP contribution in [0.4, 0.5) is 0 Å². The molecule has 0 fully saturated rings. The van der Waals surface area contributed by atoms with E-state index in [0.29, 0.717) is 11.3 Å². The van der Waals surface area contributed by atoms with Crippen molar-refractivity contribution in [2.45, 2.75) is 6.92 Å². The van der Waals surface area contributed by atoms with Gasteiger partial charge in [-0.2, -0.15) is 30.3 Å². The Hall–Kier alpha value is -1.77. The topological polar surface area (TPSA) is 26.3 Å². The van der Waals surface area contributed by atoms with Gasteiger partial charge in [0.2, 0.25) is 0 Å². The molecular formula is C20H15O2Y-. The Kier molecular flexibility index (Phi) is 6.26. The van der Waals surface area contributed by atoms with Gasteiger partial charge in [-0.05, 0) is 36.8 Å². The summed E-state index contributed by atoms with van der Waals surface area (Å²) in [5.74, 6) is 0.193. The van der Waals surface area contributed by atoms with Crippen LogP contribution in [-0.4, -0.2) is 5.97 Å². The molecule has 0 saturated heterocycles. The average Bonchev–Trinajstić information content (AvgIpc) is 2.57. The summed E-state index contributed by atoms with van der Waals surface area (Å²) in [4.78, 5) is 12.1. The predicted octanol–water partition coefficient (Wildman–Crippen LogP) is 4.68. The van der Waals surface area contributed by atoms with Crippen molar-refractivity contribution in [1.29, 1.82) is 0 Å². The van der Waals surface area contributed by atoms with E-state index in [9.17, 15) is 4.79 Å². The first-order valence-corrected chi connectivity index (χ1v) is 7.08. The Labute approximate surface area is 161 Å². The summed E-state index contributed by atoms with van der Waals surface area (Å²) in [5.41, 5.74) is 3.84. The van der Waals surface area contributed by atoms with Crippen molar-refractivity contribution in [3.8, 4) is 16.9 Å². The van der Waals surface area contributed by atoms with Crippen LogP contribution >= 0.6 is 0 Å². The minimum absolute atomic E-state index is 0. The van der Waals surface area contributed by atoms with E-state index in [1.807, 2.05) is 55.5 Å². The third-order valence-corrected chi connectivity index (χ3v) is 3.40. The number of hydrogen-bond donors (Lipinski definition) is 0. The number of carbonyl (C=O) groups excluding carboxylic acids is 1. The quantitative estimate of drug-likeness (QED) is 0.377. The first kappa shape index (κ1) is 17.6. The van der Waals surface area contributed by atoms with Gasteiger partial charge >= 0.3 is 5.97 Å². The number of esters is 1. The maximum Gasteiger partial charge on any atom is 0.343 e. The van der Waals surface area contributed by atoms with Crippen molar-refractivity contribution in [2.24, 2.45) is 0 Å². The number of ether oxygens (including phenoxy) is 1. The SMILES string of the molecule is Cc1ccc(C(=O)Oc2ccc(-c3cc[c-]cc3)cc2)cc1.[Y]. The first-order valence-electron chi connectivity index (χ1n) is 7.08. The summed E-state index contributed by atoms with van der Waals surface area (Å²) in [6.45, 7) is 1.98. The zero-order valence-electron chi connectivity index (χ0n) is 12.8. The van der Waals surface area contributed by atoms with Gasteiger partial charge in [0, 0.05) is 32.7 Å². The maximum atomic E-state index is 12.1. The van der Waals surface area contributed by atoms with Gasteiger partial charge < -0.3 is 4.74 Å². The molecule has 0 N–H and O–H groups in total. The van der Waals surface area contributed by atoms with E-state index in [4.69, 9.17) is 4.74 Å². The molecule has 0 atom stereocenters. The van der Waals surface area contributed by atoms with Gasteiger partial charge in [0.1, 0.15) is 5.75 Å². The number of aryl methyl sites for hydroxylation is 1. The van der Waals surface area contributed by atoms with Gasteiger partial charge in [0.05, 0.1) is 5.56 Å². The van der Waals surface area contributed by atoms with Crippen molar-refractivity contribution in [3.05, 3.63) is 90.0 Å². The monoisotopic (exact) mass is 376 g/mol. The van der Waals surface area contributed by atoms with Gasteiger partial charge in [-0.3, -0.25) is 0 Å². The first-order chi connectivity index (χ1) is 10.7. The van der Waals surface area contributed by atoms with Crippen LogP contribution in [0.15, 0.2) is 72.8 Å². The Morgan fingerprint density at radius 1 is 0.826 bits per heavy atom. The largest absolute Gasteiger partial charge is 0.423 e. The molecule has 0 unspecified atom stereocenters. The van der Waals surface area contributed by atoms with Crippen LogP contribution in [0.2, 0.25) is 0 Å². The molecule has 2 nitrogen and oxygen atoms in total. The van der Waals surface area contributed by atoms with Crippen LogP contribution in [0.3, 0.4) is 0 Å². The molecule has 3 aromatic carbocycles. The molecule has 0 spiro atoms. The fraction of sp³-hybridized carbons (Fsp3) is 0.0500. The molecule has 3 aromatic rings. The summed E-state index contributed by atoms with van der Waals surface area (Å²) in [6.07, 6.45) is 0. The fourth-order valence-corrected chi connectivity index (χ4v) is 2.15. The number of rotatable bonds is 3. The van der Waals surface area contributed by atoms with Crippen LogP contribution in [-0.2, 0) is 32.7 Å². The molecule has 111 valence electrons. The van der Waals surface area contributed by atoms with E-state index in [2.05, 4.69) is 6.07 Å². The second-order valence-corrected chi connectivity index (χ2v) is 5.07. The minimum Gasteiger partial charge on any atom is -0.423 e. The molecule has 1 radical (unpaired) electrons. The number of carbonyl (C=O) groups is 1.